The van der Waals surface area contributed by atoms with Gasteiger partial charge >= 0.3 is 0 Å². The molecule has 0 bridgehead atoms. The standard InChI is InChI=1S/C23H27N5O5.2ClH/c24-10-13-9-12-3-1-6-16(12)27(13)19(30)11-25-15-5-2-4-14-20(15)23(33)28(22(14)32)17-7-8-18(29)26-21(17)31;;/h2,4-5,12-13,16-17,25H,1,3,6-11,24H2,(H,26,29,31);2*1H/t12-,13-,16-,17?;;/m0../s1. The Kier molecular flexibility index (Phi) is 8.08. The molecule has 190 valence electrons. The molecule has 0 aromatic heterocycles. The van der Waals surface area contributed by atoms with Crippen molar-refractivity contribution in [3.8, 4) is 0 Å². The summed E-state index contributed by atoms with van der Waals surface area (Å²) in [6.07, 6.45) is 4.31. The molecule has 5 rings (SSSR count). The molecule has 4 N–H and O–H groups in total. The van der Waals surface area contributed by atoms with Gasteiger partial charge in [-0.05, 0) is 43.7 Å². The first-order valence-electron chi connectivity index (χ1n) is 11.5. The molecular weight excluding hydrogens is 497 g/mol. The molecule has 12 heteroatoms. The Labute approximate surface area is 215 Å². The van der Waals surface area contributed by atoms with Crippen molar-refractivity contribution in [2.75, 3.05) is 18.4 Å². The summed E-state index contributed by atoms with van der Waals surface area (Å²) in [6, 6.07) is 4.04. The summed E-state index contributed by atoms with van der Waals surface area (Å²) in [5, 5.41) is 5.24. The summed E-state index contributed by atoms with van der Waals surface area (Å²) >= 11 is 0. The van der Waals surface area contributed by atoms with Crippen LogP contribution in [0, 0.1) is 5.92 Å². The molecule has 3 heterocycles. The third-order valence-corrected chi connectivity index (χ3v) is 7.40. The van der Waals surface area contributed by atoms with Gasteiger partial charge in [0.05, 0.1) is 17.7 Å². The fourth-order valence-corrected chi connectivity index (χ4v) is 5.91. The summed E-state index contributed by atoms with van der Waals surface area (Å²) in [6.45, 7) is 0.406. The summed E-state index contributed by atoms with van der Waals surface area (Å²) < 4.78 is 0. The van der Waals surface area contributed by atoms with E-state index in [-0.39, 0.29) is 73.3 Å². The number of carbonyl (C=O) groups is 5. The fraction of sp³-hybridized carbons (Fsp3) is 0.522. The van der Waals surface area contributed by atoms with Crippen molar-refractivity contribution in [1.29, 1.82) is 0 Å². The second-order valence-corrected chi connectivity index (χ2v) is 9.21. The van der Waals surface area contributed by atoms with E-state index in [1.54, 1.807) is 12.1 Å². The normalized spacial score (nSPS) is 27.1. The van der Waals surface area contributed by atoms with Gasteiger partial charge in [-0.3, -0.25) is 34.2 Å². The number of nitrogens with two attached hydrogens (primary N) is 1. The molecule has 35 heavy (non-hydrogen) atoms. The Morgan fingerprint density at radius 1 is 1.09 bits per heavy atom. The van der Waals surface area contributed by atoms with E-state index in [1.807, 2.05) is 4.90 Å². The second-order valence-electron chi connectivity index (χ2n) is 9.21. The highest BCUT2D eigenvalue weighted by molar-refractivity contribution is 6.25. The molecule has 1 aromatic rings. The van der Waals surface area contributed by atoms with Gasteiger partial charge in [0.15, 0.2) is 0 Å². The SMILES string of the molecule is Cl.Cl.NC[C@@H]1C[C@@H]2CCC[C@@H]2N1C(=O)CNc1cccc2c1C(=O)N(C1CCC(=O)NC1=O)C2=O. The number of hydrogen-bond donors (Lipinski definition) is 3. The molecule has 4 aliphatic rings. The molecule has 0 spiro atoms. The van der Waals surface area contributed by atoms with Gasteiger partial charge in [0.1, 0.15) is 6.04 Å². The zero-order valence-corrected chi connectivity index (χ0v) is 20.7. The van der Waals surface area contributed by atoms with Gasteiger partial charge in [-0.1, -0.05) is 12.5 Å². The molecule has 5 amide bonds. The van der Waals surface area contributed by atoms with Crippen LogP contribution in [-0.2, 0) is 14.4 Å². The Morgan fingerprint density at radius 2 is 1.86 bits per heavy atom. The maximum atomic E-state index is 13.2. The quantitative estimate of drug-likeness (QED) is 0.488. The molecule has 0 radical (unpaired) electrons. The largest absolute Gasteiger partial charge is 0.375 e. The van der Waals surface area contributed by atoms with Gasteiger partial charge in [0.2, 0.25) is 17.7 Å². The average Bonchev–Trinajstić information content (AvgIpc) is 3.45. The van der Waals surface area contributed by atoms with Crippen molar-refractivity contribution in [2.45, 2.75) is 56.7 Å². The van der Waals surface area contributed by atoms with E-state index in [0.29, 0.717) is 18.2 Å². The van der Waals surface area contributed by atoms with Gasteiger partial charge in [0, 0.05) is 30.7 Å². The van der Waals surface area contributed by atoms with Gasteiger partial charge < -0.3 is 16.0 Å². The number of halogens is 2. The molecule has 10 nitrogen and oxygen atoms in total. The number of carbonyl (C=O) groups excluding carboxylic acids is 5. The number of fused-ring (bicyclic) bond motifs is 2. The number of nitrogens with one attached hydrogen (secondary N) is 2. The molecule has 1 saturated carbocycles. The van der Waals surface area contributed by atoms with Crippen molar-refractivity contribution < 1.29 is 24.0 Å². The van der Waals surface area contributed by atoms with E-state index in [9.17, 15) is 24.0 Å². The van der Waals surface area contributed by atoms with Crippen LogP contribution in [-0.4, -0.2) is 70.6 Å². The Morgan fingerprint density at radius 3 is 2.57 bits per heavy atom. The number of anilines is 1. The number of amides is 5. The van der Waals surface area contributed by atoms with Crippen molar-refractivity contribution in [3.63, 3.8) is 0 Å². The van der Waals surface area contributed by atoms with Gasteiger partial charge in [0.25, 0.3) is 11.8 Å². The molecular formula is C23H29Cl2N5O5. The predicted octanol–water partition coefficient (Wildman–Crippen LogP) is 1.07. The summed E-state index contributed by atoms with van der Waals surface area (Å²) in [5.41, 5.74) is 6.63. The first-order valence-corrected chi connectivity index (χ1v) is 11.5. The minimum atomic E-state index is -1.03. The van der Waals surface area contributed by atoms with E-state index in [4.69, 9.17) is 5.73 Å². The lowest BCUT2D eigenvalue weighted by atomic mass is 10.0. The van der Waals surface area contributed by atoms with E-state index in [1.165, 1.54) is 6.07 Å². The van der Waals surface area contributed by atoms with Crippen LogP contribution in [0.1, 0.15) is 59.2 Å². The monoisotopic (exact) mass is 525 g/mol. The molecule has 3 fully saturated rings. The van der Waals surface area contributed by atoms with Crippen LogP contribution in [0.5, 0.6) is 0 Å². The van der Waals surface area contributed by atoms with Crippen LogP contribution in [0.15, 0.2) is 18.2 Å². The van der Waals surface area contributed by atoms with Crippen LogP contribution in [0.4, 0.5) is 5.69 Å². The third-order valence-electron chi connectivity index (χ3n) is 7.40. The lowest BCUT2D eigenvalue weighted by molar-refractivity contribution is -0.136. The minimum absolute atomic E-state index is 0. The van der Waals surface area contributed by atoms with Crippen molar-refractivity contribution in [2.24, 2.45) is 11.7 Å². The van der Waals surface area contributed by atoms with E-state index in [0.717, 1.165) is 30.6 Å². The van der Waals surface area contributed by atoms with Crippen LogP contribution in [0.2, 0.25) is 0 Å². The second kappa shape index (κ2) is 10.5. The summed E-state index contributed by atoms with van der Waals surface area (Å²) in [7, 11) is 0. The number of nitrogens with zero attached hydrogens (tertiary/aromatic N) is 2. The maximum absolute atomic E-state index is 13.2. The van der Waals surface area contributed by atoms with Gasteiger partial charge in [-0.25, -0.2) is 0 Å². The number of likely N-dealkylation sites (tertiary alicyclic amines) is 1. The van der Waals surface area contributed by atoms with Gasteiger partial charge in [-0.15, -0.1) is 24.8 Å². The summed E-state index contributed by atoms with van der Waals surface area (Å²) in [5.74, 6) is -1.82. The molecule has 1 unspecified atom stereocenters. The number of piperidine rings is 1. The molecule has 3 aliphatic heterocycles. The smallest absolute Gasteiger partial charge is 0.264 e. The Balaban J connectivity index is 0.00000171. The van der Waals surface area contributed by atoms with Crippen LogP contribution in [0.25, 0.3) is 0 Å². The highest BCUT2D eigenvalue weighted by atomic mass is 35.5. The molecule has 2 saturated heterocycles. The molecule has 1 aliphatic carbocycles. The Hall–Kier alpha value is -2.69. The van der Waals surface area contributed by atoms with Gasteiger partial charge in [-0.2, -0.15) is 0 Å². The first-order chi connectivity index (χ1) is 15.9. The maximum Gasteiger partial charge on any atom is 0.264 e. The lowest BCUT2D eigenvalue weighted by Gasteiger charge is -2.29. The zero-order valence-electron chi connectivity index (χ0n) is 19.0. The van der Waals surface area contributed by atoms with E-state index in [2.05, 4.69) is 10.6 Å². The van der Waals surface area contributed by atoms with Crippen molar-refractivity contribution in [3.05, 3.63) is 29.3 Å². The van der Waals surface area contributed by atoms with Crippen molar-refractivity contribution >= 4 is 60.0 Å². The average molecular weight is 526 g/mol. The predicted molar refractivity (Wildman–Crippen MR) is 132 cm³/mol. The third kappa shape index (κ3) is 4.50. The number of benzene rings is 1. The van der Waals surface area contributed by atoms with E-state index >= 15 is 0 Å². The lowest BCUT2D eigenvalue weighted by Crippen LogP contribution is -2.54. The Bertz CT molecular complexity index is 1070. The number of hydrogen-bond acceptors (Lipinski definition) is 7. The van der Waals surface area contributed by atoms with Crippen LogP contribution in [0.3, 0.4) is 0 Å². The highest BCUT2D eigenvalue weighted by Gasteiger charge is 2.47. The molecule has 1 aromatic carbocycles. The fourth-order valence-electron chi connectivity index (χ4n) is 5.91. The number of imide groups is 2. The first kappa shape index (κ1) is 26.9. The van der Waals surface area contributed by atoms with E-state index < -0.39 is 29.7 Å². The summed E-state index contributed by atoms with van der Waals surface area (Å²) in [4.78, 5) is 65.9. The number of rotatable bonds is 5. The zero-order chi connectivity index (χ0) is 23.3. The van der Waals surface area contributed by atoms with Crippen molar-refractivity contribution in [1.82, 2.24) is 15.1 Å². The van der Waals surface area contributed by atoms with Crippen LogP contribution >= 0.6 is 24.8 Å². The highest BCUT2D eigenvalue weighted by Crippen LogP contribution is 2.41. The minimum Gasteiger partial charge on any atom is -0.375 e. The van der Waals surface area contributed by atoms with Crippen LogP contribution < -0.4 is 16.4 Å². The molecule has 4 atom stereocenters. The topological polar surface area (TPSA) is 142 Å².